The Hall–Kier alpha value is -3.02. The molecule has 3 aromatic rings. The number of hydrogen-bond acceptors (Lipinski definition) is 4. The normalized spacial score (nSPS) is 10.9. The maximum Gasteiger partial charge on any atom is 0.274 e. The molecule has 0 fully saturated rings. The van der Waals surface area contributed by atoms with Gasteiger partial charge in [0.1, 0.15) is 5.69 Å². The van der Waals surface area contributed by atoms with Crippen molar-refractivity contribution < 1.29 is 4.79 Å². The maximum absolute atomic E-state index is 12.6. The lowest BCUT2D eigenvalue weighted by Crippen LogP contribution is -2.28. The van der Waals surface area contributed by atoms with Gasteiger partial charge in [0.05, 0.1) is 5.69 Å². The van der Waals surface area contributed by atoms with Crippen LogP contribution in [0.2, 0.25) is 0 Å². The summed E-state index contributed by atoms with van der Waals surface area (Å²) in [5, 5.41) is 11.3. The van der Waals surface area contributed by atoms with Crippen molar-refractivity contribution in [3.63, 3.8) is 0 Å². The number of nitrogens with zero attached hydrogens (tertiary/aromatic N) is 4. The van der Waals surface area contributed by atoms with Crippen molar-refractivity contribution in [3.05, 3.63) is 60.0 Å². The zero-order valence-corrected chi connectivity index (χ0v) is 14.6. The van der Waals surface area contributed by atoms with Gasteiger partial charge in [-0.3, -0.25) is 9.78 Å². The van der Waals surface area contributed by atoms with Crippen molar-refractivity contribution in [2.24, 2.45) is 5.92 Å². The number of amides is 1. The maximum atomic E-state index is 12.6. The van der Waals surface area contributed by atoms with E-state index in [0.717, 1.165) is 16.8 Å². The van der Waals surface area contributed by atoms with Gasteiger partial charge in [-0.2, -0.15) is 0 Å². The highest BCUT2D eigenvalue weighted by Gasteiger charge is 2.22. The molecule has 0 aliphatic rings. The van der Waals surface area contributed by atoms with E-state index in [1.165, 1.54) is 0 Å². The molecule has 0 spiro atoms. The SMILES string of the molecule is Cc1ccc(-n2nnc(C(=O)NCC(C)C)c2-c2cccnc2)cc1. The van der Waals surface area contributed by atoms with Gasteiger partial charge in [0.15, 0.2) is 5.69 Å². The van der Waals surface area contributed by atoms with E-state index in [0.29, 0.717) is 23.9 Å². The fourth-order valence-corrected chi connectivity index (χ4v) is 2.44. The molecule has 0 radical (unpaired) electrons. The Balaban J connectivity index is 2.07. The van der Waals surface area contributed by atoms with E-state index in [9.17, 15) is 4.79 Å². The van der Waals surface area contributed by atoms with Crippen LogP contribution in [0, 0.1) is 12.8 Å². The van der Waals surface area contributed by atoms with E-state index in [2.05, 4.69) is 20.6 Å². The fourth-order valence-electron chi connectivity index (χ4n) is 2.44. The van der Waals surface area contributed by atoms with Gasteiger partial charge in [-0.25, -0.2) is 4.68 Å². The van der Waals surface area contributed by atoms with E-state index in [4.69, 9.17) is 0 Å². The Morgan fingerprint density at radius 1 is 1.20 bits per heavy atom. The van der Waals surface area contributed by atoms with Crippen molar-refractivity contribution >= 4 is 5.91 Å². The van der Waals surface area contributed by atoms with Crippen LogP contribution < -0.4 is 5.32 Å². The molecule has 0 unspecified atom stereocenters. The number of rotatable bonds is 5. The summed E-state index contributed by atoms with van der Waals surface area (Å²) in [5.41, 5.74) is 3.73. The highest BCUT2D eigenvalue weighted by molar-refractivity contribution is 5.98. The highest BCUT2D eigenvalue weighted by Crippen LogP contribution is 2.24. The van der Waals surface area contributed by atoms with Gasteiger partial charge < -0.3 is 5.32 Å². The third kappa shape index (κ3) is 3.74. The average Bonchev–Trinajstić information content (AvgIpc) is 3.06. The number of benzene rings is 1. The summed E-state index contributed by atoms with van der Waals surface area (Å²) in [6.07, 6.45) is 3.41. The fraction of sp³-hybridized carbons (Fsp3) is 0.263. The lowest BCUT2D eigenvalue weighted by molar-refractivity contribution is 0.0944. The van der Waals surface area contributed by atoms with Crippen LogP contribution in [0.5, 0.6) is 0 Å². The molecule has 0 saturated heterocycles. The lowest BCUT2D eigenvalue weighted by atomic mass is 10.1. The van der Waals surface area contributed by atoms with Gasteiger partial charge in [-0.15, -0.1) is 5.10 Å². The van der Waals surface area contributed by atoms with Crippen LogP contribution in [0.4, 0.5) is 0 Å². The Bertz CT molecular complexity index is 853. The largest absolute Gasteiger partial charge is 0.350 e. The van der Waals surface area contributed by atoms with Gasteiger partial charge in [0.2, 0.25) is 0 Å². The molecule has 0 bridgehead atoms. The predicted octanol–water partition coefficient (Wildman–Crippen LogP) is 3.02. The monoisotopic (exact) mass is 335 g/mol. The molecule has 128 valence electrons. The minimum absolute atomic E-state index is 0.231. The summed E-state index contributed by atoms with van der Waals surface area (Å²) in [6, 6.07) is 11.7. The molecule has 1 aromatic carbocycles. The second-order valence-electron chi connectivity index (χ2n) is 6.38. The molecule has 6 heteroatoms. The Labute approximate surface area is 146 Å². The van der Waals surface area contributed by atoms with E-state index >= 15 is 0 Å². The van der Waals surface area contributed by atoms with Crippen LogP contribution >= 0.6 is 0 Å². The third-order valence-electron chi connectivity index (χ3n) is 3.77. The van der Waals surface area contributed by atoms with Crippen molar-refractivity contribution in [1.82, 2.24) is 25.3 Å². The van der Waals surface area contributed by atoms with Crippen molar-refractivity contribution in [2.75, 3.05) is 6.54 Å². The minimum atomic E-state index is -0.231. The summed E-state index contributed by atoms with van der Waals surface area (Å²) in [5.74, 6) is 0.129. The molecule has 0 saturated carbocycles. The van der Waals surface area contributed by atoms with E-state index in [1.54, 1.807) is 17.1 Å². The number of pyridine rings is 1. The first-order valence-electron chi connectivity index (χ1n) is 8.27. The number of aryl methyl sites for hydroxylation is 1. The molecule has 3 rings (SSSR count). The summed E-state index contributed by atoms with van der Waals surface area (Å²) in [6.45, 7) is 6.71. The van der Waals surface area contributed by atoms with Crippen molar-refractivity contribution in [3.8, 4) is 16.9 Å². The molecule has 6 nitrogen and oxygen atoms in total. The summed E-state index contributed by atoms with van der Waals surface area (Å²) in [7, 11) is 0. The average molecular weight is 335 g/mol. The number of aromatic nitrogens is 4. The van der Waals surface area contributed by atoms with Gasteiger partial charge in [0, 0.05) is 24.5 Å². The molecule has 2 heterocycles. The van der Waals surface area contributed by atoms with Crippen LogP contribution in [0.25, 0.3) is 16.9 Å². The summed E-state index contributed by atoms with van der Waals surface area (Å²) < 4.78 is 1.68. The number of carbonyl (C=O) groups excluding carboxylic acids is 1. The van der Waals surface area contributed by atoms with Crippen LogP contribution in [0.3, 0.4) is 0 Å². The smallest absolute Gasteiger partial charge is 0.274 e. The summed E-state index contributed by atoms with van der Waals surface area (Å²) >= 11 is 0. The third-order valence-corrected chi connectivity index (χ3v) is 3.77. The van der Waals surface area contributed by atoms with Gasteiger partial charge >= 0.3 is 0 Å². The molecule has 0 aliphatic carbocycles. The molecular formula is C19H21N5O. The van der Waals surface area contributed by atoms with E-state index < -0.39 is 0 Å². The zero-order chi connectivity index (χ0) is 17.8. The molecule has 0 atom stereocenters. The van der Waals surface area contributed by atoms with Crippen molar-refractivity contribution in [1.29, 1.82) is 0 Å². The van der Waals surface area contributed by atoms with Crippen LogP contribution in [0.1, 0.15) is 29.9 Å². The Morgan fingerprint density at radius 3 is 2.60 bits per heavy atom. The molecule has 1 N–H and O–H groups in total. The van der Waals surface area contributed by atoms with Crippen LogP contribution in [-0.4, -0.2) is 32.4 Å². The van der Waals surface area contributed by atoms with E-state index in [1.807, 2.05) is 57.2 Å². The van der Waals surface area contributed by atoms with Crippen LogP contribution in [0.15, 0.2) is 48.8 Å². The van der Waals surface area contributed by atoms with E-state index in [-0.39, 0.29) is 5.91 Å². The predicted molar refractivity (Wildman–Crippen MR) is 96.5 cm³/mol. The molecule has 0 aliphatic heterocycles. The first-order chi connectivity index (χ1) is 12.1. The molecular weight excluding hydrogens is 314 g/mol. The van der Waals surface area contributed by atoms with Crippen LogP contribution in [-0.2, 0) is 0 Å². The quantitative estimate of drug-likeness (QED) is 0.778. The number of hydrogen-bond donors (Lipinski definition) is 1. The molecule has 25 heavy (non-hydrogen) atoms. The molecule has 1 amide bonds. The lowest BCUT2D eigenvalue weighted by Gasteiger charge is -2.10. The second kappa shape index (κ2) is 7.25. The van der Waals surface area contributed by atoms with Crippen molar-refractivity contribution in [2.45, 2.75) is 20.8 Å². The highest BCUT2D eigenvalue weighted by atomic mass is 16.2. The Kier molecular flexibility index (Phi) is 4.88. The zero-order valence-electron chi connectivity index (χ0n) is 14.6. The number of nitrogens with one attached hydrogen (secondary N) is 1. The van der Waals surface area contributed by atoms with Gasteiger partial charge in [-0.05, 0) is 37.1 Å². The first-order valence-corrected chi connectivity index (χ1v) is 8.27. The topological polar surface area (TPSA) is 72.7 Å². The molecule has 2 aromatic heterocycles. The second-order valence-corrected chi connectivity index (χ2v) is 6.38. The van der Waals surface area contributed by atoms with Gasteiger partial charge in [0.25, 0.3) is 5.91 Å². The standard InChI is InChI=1S/C19H21N5O/c1-13(2)11-21-19(25)17-18(15-5-4-10-20-12-15)24(23-22-17)16-8-6-14(3)7-9-16/h4-10,12-13H,11H2,1-3H3,(H,21,25). The number of carbonyl (C=O) groups is 1. The van der Waals surface area contributed by atoms with Gasteiger partial charge in [-0.1, -0.05) is 36.8 Å². The minimum Gasteiger partial charge on any atom is -0.350 e. The summed E-state index contributed by atoms with van der Waals surface area (Å²) in [4.78, 5) is 16.8. The first kappa shape index (κ1) is 16.8. The Morgan fingerprint density at radius 2 is 1.96 bits per heavy atom.